The van der Waals surface area contributed by atoms with Gasteiger partial charge in [-0.05, 0) is 34.4 Å². The van der Waals surface area contributed by atoms with Crippen LogP contribution in [0.4, 0.5) is 4.79 Å². The van der Waals surface area contributed by atoms with Gasteiger partial charge in [-0.3, -0.25) is 4.90 Å². The van der Waals surface area contributed by atoms with Crippen LogP contribution < -0.4 is 0 Å². The molecule has 7 nitrogen and oxygen atoms in total. The smallest absolute Gasteiger partial charge is 0.410 e. The lowest BCUT2D eigenvalue weighted by atomic mass is 9.78. The van der Waals surface area contributed by atoms with Crippen molar-refractivity contribution in [2.24, 2.45) is 0 Å². The standard InChI is InChI=1S/C31H29N3O4/c35-30(38-20-29-27-12-6-4-10-25(27)26-11-5-7-13-28(26)29)34-23-14-31(36,15-24(34)19-37-18-23)21-16-32-33(17-21)22-8-2-1-3-9-22/h1-13,16-17,23-24,29,36H,14-15,18-20H2. The molecule has 2 bridgehead atoms. The van der Waals surface area contributed by atoms with Crippen LogP contribution in [0, 0.1) is 0 Å². The van der Waals surface area contributed by atoms with Gasteiger partial charge in [0.15, 0.2) is 0 Å². The zero-order chi connectivity index (χ0) is 25.7. The predicted molar refractivity (Wildman–Crippen MR) is 142 cm³/mol. The number of aliphatic hydroxyl groups is 1. The van der Waals surface area contributed by atoms with E-state index in [0.29, 0.717) is 26.1 Å². The van der Waals surface area contributed by atoms with Crippen LogP contribution in [0.2, 0.25) is 0 Å². The van der Waals surface area contributed by atoms with Crippen molar-refractivity contribution in [3.05, 3.63) is 108 Å². The van der Waals surface area contributed by atoms with Crippen molar-refractivity contribution < 1.29 is 19.4 Å². The fourth-order valence-electron chi connectivity index (χ4n) is 6.46. The van der Waals surface area contributed by atoms with Crippen LogP contribution in [0.15, 0.2) is 91.3 Å². The summed E-state index contributed by atoms with van der Waals surface area (Å²) in [6, 6.07) is 25.9. The van der Waals surface area contributed by atoms with Crippen LogP contribution in [0.5, 0.6) is 0 Å². The van der Waals surface area contributed by atoms with Crippen LogP contribution in [0.3, 0.4) is 0 Å². The van der Waals surface area contributed by atoms with E-state index in [1.54, 1.807) is 15.8 Å². The first-order chi connectivity index (χ1) is 18.6. The van der Waals surface area contributed by atoms with Gasteiger partial charge in [-0.25, -0.2) is 9.48 Å². The normalized spacial score (nSPS) is 24.1. The number of fused-ring (bicyclic) bond motifs is 5. The maximum absolute atomic E-state index is 13.5. The Morgan fingerprint density at radius 3 is 2.18 bits per heavy atom. The maximum atomic E-state index is 13.5. The van der Waals surface area contributed by atoms with E-state index in [-0.39, 0.29) is 30.7 Å². The maximum Gasteiger partial charge on any atom is 0.410 e. The molecule has 2 saturated heterocycles. The third-order valence-corrected chi connectivity index (χ3v) is 8.24. The first kappa shape index (κ1) is 23.2. The number of carbonyl (C=O) groups excluding carboxylic acids is 1. The van der Waals surface area contributed by atoms with Crippen LogP contribution in [-0.2, 0) is 15.1 Å². The SMILES string of the molecule is O=C(OCC1c2ccccc2-c2ccccc21)N1C2COCC1CC(O)(c1cnn(-c3ccccc3)c1)C2. The minimum Gasteiger partial charge on any atom is -0.448 e. The van der Waals surface area contributed by atoms with Gasteiger partial charge in [0.1, 0.15) is 6.61 Å². The fourth-order valence-corrected chi connectivity index (χ4v) is 6.46. The van der Waals surface area contributed by atoms with Gasteiger partial charge in [0, 0.05) is 30.5 Å². The van der Waals surface area contributed by atoms with Gasteiger partial charge in [-0.2, -0.15) is 5.10 Å². The van der Waals surface area contributed by atoms with Crippen molar-refractivity contribution in [2.45, 2.75) is 36.4 Å². The number of nitrogens with zero attached hydrogens (tertiary/aromatic N) is 3. The second-order valence-electron chi connectivity index (χ2n) is 10.5. The van der Waals surface area contributed by atoms with E-state index in [0.717, 1.165) is 11.3 Å². The van der Waals surface area contributed by atoms with Gasteiger partial charge >= 0.3 is 6.09 Å². The Labute approximate surface area is 221 Å². The minimum atomic E-state index is -1.09. The molecule has 38 heavy (non-hydrogen) atoms. The van der Waals surface area contributed by atoms with E-state index in [1.807, 2.05) is 60.8 Å². The molecule has 0 radical (unpaired) electrons. The Balaban J connectivity index is 1.08. The second kappa shape index (κ2) is 9.11. The first-order valence-corrected chi connectivity index (χ1v) is 13.1. The molecule has 1 aliphatic carbocycles. The van der Waals surface area contributed by atoms with Crippen LogP contribution in [-0.4, -0.2) is 57.8 Å². The van der Waals surface area contributed by atoms with Gasteiger partial charge in [0.2, 0.25) is 0 Å². The third-order valence-electron chi connectivity index (χ3n) is 8.24. The van der Waals surface area contributed by atoms with Crippen molar-refractivity contribution in [2.75, 3.05) is 19.8 Å². The lowest BCUT2D eigenvalue weighted by Crippen LogP contribution is -2.62. The monoisotopic (exact) mass is 507 g/mol. The molecule has 0 saturated carbocycles. The molecule has 2 atom stereocenters. The summed E-state index contributed by atoms with van der Waals surface area (Å²) >= 11 is 0. The Morgan fingerprint density at radius 1 is 0.921 bits per heavy atom. The molecule has 2 aliphatic heterocycles. The van der Waals surface area contributed by atoms with Crippen molar-refractivity contribution in [3.8, 4) is 16.8 Å². The number of amides is 1. The zero-order valence-electron chi connectivity index (χ0n) is 20.9. The van der Waals surface area contributed by atoms with Crippen LogP contribution in [0.1, 0.15) is 35.4 Å². The third kappa shape index (κ3) is 3.81. The Kier molecular flexibility index (Phi) is 5.56. The number of hydrogen-bond acceptors (Lipinski definition) is 5. The molecule has 3 aliphatic rings. The lowest BCUT2D eigenvalue weighted by Gasteiger charge is -2.50. The van der Waals surface area contributed by atoms with Crippen LogP contribution in [0.25, 0.3) is 16.8 Å². The van der Waals surface area contributed by atoms with Crippen LogP contribution >= 0.6 is 0 Å². The first-order valence-electron chi connectivity index (χ1n) is 13.1. The molecule has 1 N–H and O–H groups in total. The summed E-state index contributed by atoms with van der Waals surface area (Å²) in [6.07, 6.45) is 4.01. The largest absolute Gasteiger partial charge is 0.448 e. The number of aromatic nitrogens is 2. The van der Waals surface area contributed by atoms with E-state index in [1.165, 1.54) is 22.3 Å². The molecule has 3 heterocycles. The summed E-state index contributed by atoms with van der Waals surface area (Å²) < 4.78 is 13.6. The van der Waals surface area contributed by atoms with Gasteiger partial charge in [-0.15, -0.1) is 0 Å². The summed E-state index contributed by atoms with van der Waals surface area (Å²) in [4.78, 5) is 15.3. The number of rotatable bonds is 4. The summed E-state index contributed by atoms with van der Waals surface area (Å²) in [7, 11) is 0. The molecular weight excluding hydrogens is 478 g/mol. The Morgan fingerprint density at radius 2 is 1.53 bits per heavy atom. The number of ether oxygens (including phenoxy) is 2. The van der Waals surface area contributed by atoms with Crippen molar-refractivity contribution >= 4 is 6.09 Å². The highest BCUT2D eigenvalue weighted by Gasteiger charge is 2.50. The van der Waals surface area contributed by atoms with Crippen molar-refractivity contribution in [3.63, 3.8) is 0 Å². The summed E-state index contributed by atoms with van der Waals surface area (Å²) in [5.41, 5.74) is 5.38. The molecular formula is C31H29N3O4. The highest BCUT2D eigenvalue weighted by atomic mass is 16.6. The summed E-state index contributed by atoms with van der Waals surface area (Å²) in [6.45, 7) is 1.02. The molecule has 1 aromatic heterocycles. The predicted octanol–water partition coefficient (Wildman–Crippen LogP) is 4.87. The lowest BCUT2D eigenvalue weighted by molar-refractivity contribution is -0.136. The van der Waals surface area contributed by atoms with Crippen molar-refractivity contribution in [1.82, 2.24) is 14.7 Å². The molecule has 7 heteroatoms. The van der Waals surface area contributed by atoms with Gasteiger partial charge < -0.3 is 14.6 Å². The second-order valence-corrected chi connectivity index (χ2v) is 10.5. The highest BCUT2D eigenvalue weighted by Crippen LogP contribution is 2.45. The van der Waals surface area contributed by atoms with E-state index in [9.17, 15) is 9.90 Å². The van der Waals surface area contributed by atoms with Gasteiger partial charge in [-0.1, -0.05) is 66.7 Å². The molecule has 1 amide bonds. The fraction of sp³-hybridized carbons (Fsp3) is 0.290. The quantitative estimate of drug-likeness (QED) is 0.426. The number of para-hydroxylation sites is 1. The number of benzene rings is 3. The number of carbonyl (C=O) groups is 1. The molecule has 2 unspecified atom stereocenters. The molecule has 0 spiro atoms. The average molecular weight is 508 g/mol. The number of morpholine rings is 1. The average Bonchev–Trinajstić information content (AvgIpc) is 3.56. The molecule has 4 aromatic rings. The zero-order valence-corrected chi connectivity index (χ0v) is 20.9. The molecule has 2 fully saturated rings. The highest BCUT2D eigenvalue weighted by molar-refractivity contribution is 5.79. The summed E-state index contributed by atoms with van der Waals surface area (Å²) in [5, 5.41) is 16.2. The topological polar surface area (TPSA) is 76.8 Å². The van der Waals surface area contributed by atoms with Gasteiger partial charge in [0.05, 0.1) is 42.8 Å². The number of piperidine rings is 1. The Bertz CT molecular complexity index is 1420. The van der Waals surface area contributed by atoms with E-state index < -0.39 is 5.60 Å². The molecule has 192 valence electrons. The van der Waals surface area contributed by atoms with E-state index in [4.69, 9.17) is 9.47 Å². The molecule has 3 aromatic carbocycles. The van der Waals surface area contributed by atoms with E-state index in [2.05, 4.69) is 29.4 Å². The number of hydrogen-bond donors (Lipinski definition) is 1. The van der Waals surface area contributed by atoms with Crippen molar-refractivity contribution in [1.29, 1.82) is 0 Å². The van der Waals surface area contributed by atoms with Gasteiger partial charge in [0.25, 0.3) is 0 Å². The minimum absolute atomic E-state index is 0.00740. The molecule has 7 rings (SSSR count). The summed E-state index contributed by atoms with van der Waals surface area (Å²) in [5.74, 6) is 0.00740. The van der Waals surface area contributed by atoms with E-state index >= 15 is 0 Å². The Hall–Kier alpha value is -3.94.